The van der Waals surface area contributed by atoms with E-state index in [1.165, 1.54) is 11.3 Å². The maximum Gasteiger partial charge on any atom is 0.282 e. The number of hydrogen-bond donors (Lipinski definition) is 2. The van der Waals surface area contributed by atoms with Crippen LogP contribution in [0.15, 0.2) is 11.4 Å². The Kier molecular flexibility index (Phi) is 4.50. The largest absolute Gasteiger partial charge is 0.391 e. The van der Waals surface area contributed by atoms with Crippen molar-refractivity contribution in [3.8, 4) is 0 Å². The summed E-state index contributed by atoms with van der Waals surface area (Å²) in [4.78, 5) is 18.7. The fourth-order valence-corrected chi connectivity index (χ4v) is 3.80. The molecule has 7 heteroatoms. The molecule has 0 radical (unpaired) electrons. The minimum absolute atomic E-state index is 0.0196. The topological polar surface area (TPSA) is 82.1 Å². The third kappa shape index (κ3) is 3.45. The lowest BCUT2D eigenvalue weighted by molar-refractivity contribution is 0.0764. The van der Waals surface area contributed by atoms with Crippen molar-refractivity contribution in [3.63, 3.8) is 0 Å². The Labute approximate surface area is 139 Å². The maximum absolute atomic E-state index is 12.6. The molecule has 1 saturated heterocycles. The molecule has 3 heterocycles. The van der Waals surface area contributed by atoms with Gasteiger partial charge in [0.05, 0.1) is 17.5 Å². The van der Waals surface area contributed by atoms with Gasteiger partial charge in [-0.3, -0.25) is 9.89 Å². The molecule has 3 rings (SSSR count). The molecule has 6 nitrogen and oxygen atoms in total. The molecule has 0 aliphatic carbocycles. The number of carbonyl (C=O) groups is 1. The molecule has 0 bridgehead atoms. The first-order valence-electron chi connectivity index (χ1n) is 7.87. The van der Waals surface area contributed by atoms with Gasteiger partial charge >= 0.3 is 0 Å². The van der Waals surface area contributed by atoms with Crippen LogP contribution in [0.2, 0.25) is 0 Å². The fraction of sp³-hybridized carbons (Fsp3) is 0.562. The Balaban J connectivity index is 1.66. The zero-order valence-electron chi connectivity index (χ0n) is 13.6. The van der Waals surface area contributed by atoms with Gasteiger partial charge in [0.15, 0.2) is 5.01 Å². The second kappa shape index (κ2) is 6.41. The van der Waals surface area contributed by atoms with E-state index in [1.807, 2.05) is 18.4 Å². The highest BCUT2D eigenvalue weighted by atomic mass is 32.1. The molecule has 2 aromatic rings. The van der Waals surface area contributed by atoms with Crippen LogP contribution < -0.4 is 0 Å². The molecule has 2 N–H and O–H groups in total. The fourth-order valence-electron chi connectivity index (χ4n) is 2.85. The van der Waals surface area contributed by atoms with Crippen LogP contribution in [0, 0.1) is 12.8 Å². The zero-order valence-corrected chi connectivity index (χ0v) is 14.4. The number of aromatic amines is 1. The molecule has 23 heavy (non-hydrogen) atoms. The third-order valence-electron chi connectivity index (χ3n) is 4.22. The predicted octanol–water partition coefficient (Wildman–Crippen LogP) is 1.97. The van der Waals surface area contributed by atoms with E-state index in [0.29, 0.717) is 30.4 Å². The van der Waals surface area contributed by atoms with Gasteiger partial charge in [-0.2, -0.15) is 5.10 Å². The van der Waals surface area contributed by atoms with Crippen LogP contribution in [-0.2, 0) is 6.42 Å². The molecule has 2 atom stereocenters. The van der Waals surface area contributed by atoms with E-state index in [1.54, 1.807) is 4.90 Å². The van der Waals surface area contributed by atoms with Crippen molar-refractivity contribution in [2.45, 2.75) is 39.2 Å². The summed E-state index contributed by atoms with van der Waals surface area (Å²) in [5, 5.41) is 19.8. The zero-order chi connectivity index (χ0) is 16.6. The number of nitrogens with zero attached hydrogens (tertiary/aromatic N) is 3. The van der Waals surface area contributed by atoms with E-state index in [0.717, 1.165) is 17.1 Å². The second-order valence-corrected chi connectivity index (χ2v) is 7.37. The van der Waals surface area contributed by atoms with Crippen LogP contribution in [0.3, 0.4) is 0 Å². The minimum Gasteiger partial charge on any atom is -0.391 e. The normalized spacial score (nSPS) is 21.3. The Morgan fingerprint density at radius 2 is 2.30 bits per heavy atom. The molecule has 1 fully saturated rings. The Bertz CT molecular complexity index is 694. The third-order valence-corrected chi connectivity index (χ3v) is 5.07. The van der Waals surface area contributed by atoms with Crippen LogP contribution in [0.4, 0.5) is 0 Å². The lowest BCUT2D eigenvalue weighted by atomic mass is 10.0. The van der Waals surface area contributed by atoms with Gasteiger partial charge in [0.25, 0.3) is 5.91 Å². The SMILES string of the molecule is Cc1cc(C[C@@H]2CN(C(=O)c3nc(C(C)C)cs3)C[C@H]2O)n[nH]1. The highest BCUT2D eigenvalue weighted by Gasteiger charge is 2.35. The van der Waals surface area contributed by atoms with Crippen molar-refractivity contribution in [1.29, 1.82) is 0 Å². The quantitative estimate of drug-likeness (QED) is 0.896. The smallest absolute Gasteiger partial charge is 0.282 e. The van der Waals surface area contributed by atoms with Gasteiger partial charge in [0.2, 0.25) is 0 Å². The van der Waals surface area contributed by atoms with Gasteiger partial charge in [-0.05, 0) is 25.3 Å². The number of β-amino-alcohol motifs (C(OH)–C–C–N with tert-alkyl or cyclic N) is 1. The predicted molar refractivity (Wildman–Crippen MR) is 88.6 cm³/mol. The molecule has 2 aromatic heterocycles. The summed E-state index contributed by atoms with van der Waals surface area (Å²) in [6, 6.07) is 1.98. The van der Waals surface area contributed by atoms with Gasteiger partial charge in [-0.1, -0.05) is 13.8 Å². The number of carbonyl (C=O) groups excluding carboxylic acids is 1. The van der Waals surface area contributed by atoms with Crippen LogP contribution in [0.25, 0.3) is 0 Å². The molecule has 124 valence electrons. The number of aliphatic hydroxyl groups is 1. The summed E-state index contributed by atoms with van der Waals surface area (Å²) in [5.74, 6) is 0.250. The number of nitrogens with one attached hydrogen (secondary N) is 1. The Morgan fingerprint density at radius 1 is 1.52 bits per heavy atom. The number of rotatable bonds is 4. The molecule has 0 unspecified atom stereocenters. The van der Waals surface area contributed by atoms with Crippen molar-refractivity contribution in [3.05, 3.63) is 33.5 Å². The number of aromatic nitrogens is 3. The number of aryl methyl sites for hydroxylation is 1. The molecule has 0 saturated carbocycles. The van der Waals surface area contributed by atoms with E-state index in [4.69, 9.17) is 0 Å². The number of aliphatic hydroxyl groups excluding tert-OH is 1. The number of H-pyrrole nitrogens is 1. The van der Waals surface area contributed by atoms with Gasteiger partial charge < -0.3 is 10.0 Å². The Morgan fingerprint density at radius 3 is 2.91 bits per heavy atom. The molecule has 0 spiro atoms. The monoisotopic (exact) mass is 334 g/mol. The molecule has 1 aliphatic rings. The van der Waals surface area contributed by atoms with Gasteiger partial charge in [-0.25, -0.2) is 4.98 Å². The molecule has 0 aromatic carbocycles. The summed E-state index contributed by atoms with van der Waals surface area (Å²) in [6.45, 7) is 6.98. The maximum atomic E-state index is 12.6. The number of amides is 1. The summed E-state index contributed by atoms with van der Waals surface area (Å²) >= 11 is 1.38. The first kappa shape index (κ1) is 16.1. The van der Waals surface area contributed by atoms with Crippen molar-refractivity contribution < 1.29 is 9.90 Å². The van der Waals surface area contributed by atoms with Gasteiger partial charge in [0.1, 0.15) is 0 Å². The van der Waals surface area contributed by atoms with Gasteiger partial charge in [-0.15, -0.1) is 11.3 Å². The van der Waals surface area contributed by atoms with Gasteiger partial charge in [0, 0.05) is 30.1 Å². The summed E-state index contributed by atoms with van der Waals surface area (Å²) < 4.78 is 0. The molecular formula is C16H22N4O2S. The number of likely N-dealkylation sites (tertiary alicyclic amines) is 1. The highest BCUT2D eigenvalue weighted by molar-refractivity contribution is 7.11. The van der Waals surface area contributed by atoms with E-state index >= 15 is 0 Å². The van der Waals surface area contributed by atoms with Crippen molar-refractivity contribution in [2.24, 2.45) is 5.92 Å². The van der Waals surface area contributed by atoms with Crippen LogP contribution in [0.1, 0.15) is 46.6 Å². The van der Waals surface area contributed by atoms with Crippen molar-refractivity contribution >= 4 is 17.2 Å². The van der Waals surface area contributed by atoms with Crippen LogP contribution in [-0.4, -0.2) is 50.3 Å². The van der Waals surface area contributed by atoms with Crippen molar-refractivity contribution in [2.75, 3.05) is 13.1 Å². The number of hydrogen-bond acceptors (Lipinski definition) is 5. The summed E-state index contributed by atoms with van der Waals surface area (Å²) in [5.41, 5.74) is 2.88. The summed E-state index contributed by atoms with van der Waals surface area (Å²) in [6.07, 6.45) is 0.158. The molecule has 1 aliphatic heterocycles. The second-order valence-electron chi connectivity index (χ2n) is 6.52. The van der Waals surface area contributed by atoms with E-state index < -0.39 is 6.10 Å². The first-order valence-corrected chi connectivity index (χ1v) is 8.75. The lowest BCUT2D eigenvalue weighted by Crippen LogP contribution is -2.29. The molecule has 1 amide bonds. The Hall–Kier alpha value is -1.73. The average molecular weight is 334 g/mol. The standard InChI is InChI=1S/C16H22N4O2S/c1-9(2)13-8-23-15(17-13)16(22)20-6-11(14(21)7-20)5-12-4-10(3)18-19-12/h4,8-9,11,14,21H,5-7H2,1-3H3,(H,18,19)/t11-,14-/m1/s1. The first-order chi connectivity index (χ1) is 10.9. The highest BCUT2D eigenvalue weighted by Crippen LogP contribution is 2.25. The van der Waals surface area contributed by atoms with E-state index in [-0.39, 0.29) is 11.8 Å². The van der Waals surface area contributed by atoms with E-state index in [9.17, 15) is 9.90 Å². The van der Waals surface area contributed by atoms with E-state index in [2.05, 4.69) is 29.0 Å². The molecular weight excluding hydrogens is 312 g/mol. The lowest BCUT2D eigenvalue weighted by Gasteiger charge is -2.14. The number of thiazole rings is 1. The average Bonchev–Trinajstić information content (AvgIpc) is 3.20. The minimum atomic E-state index is -0.513. The van der Waals surface area contributed by atoms with Crippen molar-refractivity contribution in [1.82, 2.24) is 20.1 Å². The van der Waals surface area contributed by atoms with Crippen LogP contribution in [0.5, 0.6) is 0 Å². The summed E-state index contributed by atoms with van der Waals surface area (Å²) in [7, 11) is 0. The van der Waals surface area contributed by atoms with Crippen LogP contribution >= 0.6 is 11.3 Å².